The summed E-state index contributed by atoms with van der Waals surface area (Å²) in [5.41, 5.74) is 0. The van der Waals surface area contributed by atoms with Crippen LogP contribution in [-0.2, 0) is 4.74 Å². The summed E-state index contributed by atoms with van der Waals surface area (Å²) in [5.74, 6) is 0.403. The van der Waals surface area contributed by atoms with Gasteiger partial charge in [-0.3, -0.25) is 10.8 Å². The average Bonchev–Trinajstić information content (AvgIpc) is 1.85. The Kier molecular flexibility index (Phi) is 3.69. The normalized spacial score (nSPS) is 12.3. The molecule has 0 aliphatic heterocycles. The monoisotopic (exact) mass is 142 g/mol. The van der Waals surface area contributed by atoms with E-state index in [-0.39, 0.29) is 17.7 Å². The first-order valence-corrected chi connectivity index (χ1v) is 3.39. The maximum absolute atomic E-state index is 7.26. The van der Waals surface area contributed by atoms with Gasteiger partial charge in [0.15, 0.2) is 11.8 Å². The molecule has 58 valence electrons. The van der Waals surface area contributed by atoms with E-state index in [2.05, 4.69) is 0 Å². The lowest BCUT2D eigenvalue weighted by atomic mass is 10.1. The second kappa shape index (κ2) is 4.04. The molecule has 3 nitrogen and oxygen atoms in total. The predicted molar refractivity (Wildman–Crippen MR) is 41.7 cm³/mol. The van der Waals surface area contributed by atoms with Gasteiger partial charge in [-0.1, -0.05) is 13.8 Å². The fourth-order valence-corrected chi connectivity index (χ4v) is 0.451. The van der Waals surface area contributed by atoms with Crippen LogP contribution >= 0.6 is 0 Å². The Hall–Kier alpha value is -0.860. The van der Waals surface area contributed by atoms with E-state index in [0.29, 0.717) is 0 Å². The lowest BCUT2D eigenvalue weighted by Gasteiger charge is -2.09. The van der Waals surface area contributed by atoms with Gasteiger partial charge < -0.3 is 4.74 Å². The van der Waals surface area contributed by atoms with E-state index < -0.39 is 0 Å². The highest BCUT2D eigenvalue weighted by Gasteiger charge is 2.07. The molecular formula is C7H14N2O. The first-order chi connectivity index (χ1) is 4.57. The van der Waals surface area contributed by atoms with Crippen LogP contribution in [0.3, 0.4) is 0 Å². The Morgan fingerprint density at radius 2 is 2.00 bits per heavy atom. The molecule has 0 amide bonds. The van der Waals surface area contributed by atoms with E-state index in [4.69, 9.17) is 15.6 Å². The molecule has 0 radical (unpaired) electrons. The van der Waals surface area contributed by atoms with E-state index in [1.54, 1.807) is 0 Å². The van der Waals surface area contributed by atoms with Gasteiger partial charge >= 0.3 is 0 Å². The van der Waals surface area contributed by atoms with Crippen LogP contribution in [-0.4, -0.2) is 11.8 Å². The Bertz CT molecular complexity index is 143. The summed E-state index contributed by atoms with van der Waals surface area (Å²) >= 11 is 0. The van der Waals surface area contributed by atoms with Gasteiger partial charge in [0.25, 0.3) is 0 Å². The van der Waals surface area contributed by atoms with Gasteiger partial charge in [0.2, 0.25) is 0 Å². The van der Waals surface area contributed by atoms with Gasteiger partial charge in [-0.25, -0.2) is 0 Å². The number of hydrogen-bond acceptors (Lipinski definition) is 3. The number of rotatable bonds is 2. The van der Waals surface area contributed by atoms with Crippen molar-refractivity contribution in [2.45, 2.75) is 27.2 Å². The van der Waals surface area contributed by atoms with E-state index in [9.17, 15) is 0 Å². The standard InChI is InChI=1S/C7H14N2O/c1-4-5(2)7(9)10-6(3)8/h5,8-9H,4H2,1-3H3. The topological polar surface area (TPSA) is 56.9 Å². The molecule has 0 saturated heterocycles. The zero-order valence-electron chi connectivity index (χ0n) is 6.69. The molecule has 10 heavy (non-hydrogen) atoms. The third-order valence-corrected chi connectivity index (χ3v) is 1.32. The van der Waals surface area contributed by atoms with Crippen LogP contribution in [0.15, 0.2) is 0 Å². The smallest absolute Gasteiger partial charge is 0.191 e. The van der Waals surface area contributed by atoms with Crippen molar-refractivity contribution in [3.63, 3.8) is 0 Å². The summed E-state index contributed by atoms with van der Waals surface area (Å²) in [6, 6.07) is 0. The zero-order valence-corrected chi connectivity index (χ0v) is 6.69. The van der Waals surface area contributed by atoms with Gasteiger partial charge in [-0.15, -0.1) is 0 Å². The van der Waals surface area contributed by atoms with E-state index in [1.165, 1.54) is 6.92 Å². The van der Waals surface area contributed by atoms with Crippen molar-refractivity contribution in [1.82, 2.24) is 0 Å². The molecule has 0 aromatic heterocycles. The maximum Gasteiger partial charge on any atom is 0.191 e. The summed E-state index contributed by atoms with van der Waals surface area (Å²) in [5, 5.41) is 14.2. The maximum atomic E-state index is 7.26. The van der Waals surface area contributed by atoms with Gasteiger partial charge in [0.05, 0.1) is 0 Å². The highest BCUT2D eigenvalue weighted by Crippen LogP contribution is 2.03. The van der Waals surface area contributed by atoms with E-state index >= 15 is 0 Å². The molecule has 0 saturated carbocycles. The third-order valence-electron chi connectivity index (χ3n) is 1.32. The van der Waals surface area contributed by atoms with Crippen LogP contribution in [0.1, 0.15) is 27.2 Å². The lowest BCUT2D eigenvalue weighted by molar-refractivity contribution is 0.471. The van der Waals surface area contributed by atoms with Crippen molar-refractivity contribution in [2.24, 2.45) is 5.92 Å². The fraction of sp³-hybridized carbons (Fsp3) is 0.714. The average molecular weight is 142 g/mol. The minimum atomic E-state index is 0.0882. The van der Waals surface area contributed by atoms with Crippen LogP contribution in [0.2, 0.25) is 0 Å². The highest BCUT2D eigenvalue weighted by atomic mass is 16.5. The Balaban J connectivity index is 3.73. The van der Waals surface area contributed by atoms with Crippen molar-refractivity contribution in [2.75, 3.05) is 0 Å². The van der Waals surface area contributed by atoms with Crippen LogP contribution in [0.5, 0.6) is 0 Å². The Morgan fingerprint density at radius 1 is 1.50 bits per heavy atom. The van der Waals surface area contributed by atoms with Crippen LogP contribution in [0.25, 0.3) is 0 Å². The second-order valence-electron chi connectivity index (χ2n) is 2.33. The molecule has 0 rings (SSSR count). The van der Waals surface area contributed by atoms with Crippen molar-refractivity contribution in [3.05, 3.63) is 0 Å². The first-order valence-electron chi connectivity index (χ1n) is 3.39. The Labute approximate surface area is 61.4 Å². The summed E-state index contributed by atoms with van der Waals surface area (Å²) in [4.78, 5) is 0. The quantitative estimate of drug-likeness (QED) is 0.449. The molecule has 0 heterocycles. The molecule has 0 aliphatic rings. The molecule has 0 fully saturated rings. The first kappa shape index (κ1) is 9.14. The molecule has 1 unspecified atom stereocenters. The van der Waals surface area contributed by atoms with Gasteiger partial charge in [-0.2, -0.15) is 0 Å². The SMILES string of the molecule is CCC(C)C(=N)OC(C)=N. The lowest BCUT2D eigenvalue weighted by Crippen LogP contribution is -2.15. The van der Waals surface area contributed by atoms with Crippen LogP contribution < -0.4 is 0 Å². The summed E-state index contributed by atoms with van der Waals surface area (Å²) in [6.07, 6.45) is 0.881. The molecule has 1 atom stereocenters. The predicted octanol–water partition coefficient (Wildman–Crippen LogP) is 2.02. The largest absolute Gasteiger partial charge is 0.430 e. The van der Waals surface area contributed by atoms with Gasteiger partial charge in [-0.05, 0) is 6.42 Å². The minimum absolute atomic E-state index is 0.0882. The molecule has 0 aromatic rings. The van der Waals surface area contributed by atoms with Crippen molar-refractivity contribution in [1.29, 1.82) is 10.8 Å². The van der Waals surface area contributed by atoms with Crippen LogP contribution in [0.4, 0.5) is 0 Å². The summed E-state index contributed by atoms with van der Waals surface area (Å²) < 4.78 is 4.77. The van der Waals surface area contributed by atoms with Crippen molar-refractivity contribution in [3.8, 4) is 0 Å². The van der Waals surface area contributed by atoms with Crippen molar-refractivity contribution < 1.29 is 4.74 Å². The number of nitrogens with one attached hydrogen (secondary N) is 2. The number of hydrogen-bond donors (Lipinski definition) is 2. The fourth-order valence-electron chi connectivity index (χ4n) is 0.451. The third kappa shape index (κ3) is 3.22. The van der Waals surface area contributed by atoms with Crippen LogP contribution in [0, 0.1) is 16.7 Å². The Morgan fingerprint density at radius 3 is 2.30 bits per heavy atom. The molecule has 0 aromatic carbocycles. The molecule has 2 N–H and O–H groups in total. The molecule has 3 heteroatoms. The van der Waals surface area contributed by atoms with Gasteiger partial charge in [0.1, 0.15) is 0 Å². The number of ether oxygens (including phenoxy) is 1. The summed E-state index contributed by atoms with van der Waals surface area (Å²) in [7, 11) is 0. The highest BCUT2D eigenvalue weighted by molar-refractivity contribution is 5.88. The van der Waals surface area contributed by atoms with Gasteiger partial charge in [0, 0.05) is 12.8 Å². The molecule has 0 aliphatic carbocycles. The van der Waals surface area contributed by atoms with E-state index in [1.807, 2.05) is 13.8 Å². The van der Waals surface area contributed by atoms with E-state index in [0.717, 1.165) is 6.42 Å². The summed E-state index contributed by atoms with van der Waals surface area (Å²) in [6.45, 7) is 5.42. The zero-order chi connectivity index (χ0) is 8.15. The molecular weight excluding hydrogens is 128 g/mol. The minimum Gasteiger partial charge on any atom is -0.430 e. The second-order valence-corrected chi connectivity index (χ2v) is 2.33. The molecule has 0 spiro atoms. The van der Waals surface area contributed by atoms with Crippen molar-refractivity contribution >= 4 is 11.8 Å². The molecule has 0 bridgehead atoms.